The van der Waals surface area contributed by atoms with Crippen molar-refractivity contribution >= 4 is 23.5 Å². The lowest BCUT2D eigenvalue weighted by Crippen LogP contribution is -2.40. The molecule has 0 aliphatic carbocycles. The largest absolute Gasteiger partial charge is 0.408 e. The van der Waals surface area contributed by atoms with Gasteiger partial charge in [0.25, 0.3) is 0 Å². The molecular weight excluding hydrogens is 232 g/mol. The molecule has 1 saturated heterocycles. The van der Waals surface area contributed by atoms with Crippen LogP contribution in [-0.4, -0.2) is 34.6 Å². The molecular formula is C9H13ClN4O2. The van der Waals surface area contributed by atoms with Crippen LogP contribution in [0.15, 0.2) is 4.42 Å². The second-order valence-electron chi connectivity index (χ2n) is 3.67. The zero-order valence-electron chi connectivity index (χ0n) is 8.73. The molecule has 1 aliphatic heterocycles. The van der Waals surface area contributed by atoms with E-state index in [4.69, 9.17) is 21.8 Å². The number of anilines is 1. The number of hydrogen-bond donors (Lipinski definition) is 1. The first-order valence-electron chi connectivity index (χ1n) is 5.16. The Hall–Kier alpha value is -1.30. The average molecular weight is 245 g/mol. The second-order valence-corrected chi connectivity index (χ2v) is 4.05. The van der Waals surface area contributed by atoms with Gasteiger partial charge >= 0.3 is 6.01 Å². The smallest absolute Gasteiger partial charge is 0.318 e. The fourth-order valence-electron chi connectivity index (χ4n) is 1.83. The van der Waals surface area contributed by atoms with E-state index in [1.807, 2.05) is 0 Å². The Morgan fingerprint density at radius 3 is 3.12 bits per heavy atom. The molecule has 0 radical (unpaired) electrons. The van der Waals surface area contributed by atoms with Crippen molar-refractivity contribution in [1.29, 1.82) is 0 Å². The number of primary amides is 1. The average Bonchev–Trinajstić information content (AvgIpc) is 2.83. The van der Waals surface area contributed by atoms with Gasteiger partial charge in [-0.25, -0.2) is 0 Å². The first-order chi connectivity index (χ1) is 7.72. The van der Waals surface area contributed by atoms with E-state index in [0.29, 0.717) is 24.2 Å². The van der Waals surface area contributed by atoms with Gasteiger partial charge in [-0.05, 0) is 12.8 Å². The summed E-state index contributed by atoms with van der Waals surface area (Å²) in [7, 11) is 0. The molecule has 1 aromatic rings. The number of carbonyl (C=O) groups excluding carboxylic acids is 1. The summed E-state index contributed by atoms with van der Waals surface area (Å²) in [5.41, 5.74) is 5.30. The Morgan fingerprint density at radius 2 is 2.44 bits per heavy atom. The van der Waals surface area contributed by atoms with E-state index in [1.165, 1.54) is 0 Å². The van der Waals surface area contributed by atoms with Crippen LogP contribution in [0.25, 0.3) is 0 Å². The lowest BCUT2D eigenvalue weighted by molar-refractivity contribution is -0.119. The van der Waals surface area contributed by atoms with E-state index in [9.17, 15) is 4.79 Å². The van der Waals surface area contributed by atoms with Gasteiger partial charge in [0, 0.05) is 18.8 Å². The molecule has 2 N–H and O–H groups in total. The van der Waals surface area contributed by atoms with Crippen LogP contribution >= 0.6 is 11.6 Å². The number of nitrogens with zero attached hydrogens (tertiary/aromatic N) is 3. The van der Waals surface area contributed by atoms with Gasteiger partial charge in [-0.2, -0.15) is 0 Å². The summed E-state index contributed by atoms with van der Waals surface area (Å²) < 4.78 is 5.40. The molecule has 1 fully saturated rings. The molecule has 0 saturated carbocycles. The molecule has 0 spiro atoms. The van der Waals surface area contributed by atoms with Crippen molar-refractivity contribution in [3.63, 3.8) is 0 Å². The van der Waals surface area contributed by atoms with Crippen LogP contribution in [0.1, 0.15) is 18.7 Å². The topological polar surface area (TPSA) is 85.3 Å². The third-order valence-electron chi connectivity index (χ3n) is 2.59. The predicted octanol–water partition coefficient (Wildman–Crippen LogP) is 0.305. The standard InChI is InChI=1S/C9H13ClN4O2/c10-4-3-7-12-13-9(16-7)14-5-1-2-6(14)8(11)15/h6H,1-5H2,(H2,11,15). The van der Waals surface area contributed by atoms with Crippen LogP contribution in [0.3, 0.4) is 0 Å². The van der Waals surface area contributed by atoms with Gasteiger partial charge in [-0.3, -0.25) is 4.79 Å². The highest BCUT2D eigenvalue weighted by atomic mass is 35.5. The fourth-order valence-corrected chi connectivity index (χ4v) is 2.00. The number of aromatic nitrogens is 2. The maximum atomic E-state index is 11.2. The highest BCUT2D eigenvalue weighted by molar-refractivity contribution is 6.17. The predicted molar refractivity (Wildman–Crippen MR) is 58.3 cm³/mol. The van der Waals surface area contributed by atoms with Gasteiger partial charge < -0.3 is 15.1 Å². The van der Waals surface area contributed by atoms with Crippen molar-refractivity contribution < 1.29 is 9.21 Å². The minimum atomic E-state index is -0.352. The van der Waals surface area contributed by atoms with Crippen molar-refractivity contribution in [2.45, 2.75) is 25.3 Å². The lowest BCUT2D eigenvalue weighted by Gasteiger charge is -2.18. The number of nitrogens with two attached hydrogens (primary N) is 1. The molecule has 2 rings (SSSR count). The van der Waals surface area contributed by atoms with Crippen LogP contribution in [0.5, 0.6) is 0 Å². The van der Waals surface area contributed by atoms with E-state index in [1.54, 1.807) is 4.90 Å². The maximum Gasteiger partial charge on any atom is 0.318 e. The molecule has 0 bridgehead atoms. The Balaban J connectivity index is 2.13. The number of amides is 1. The zero-order valence-corrected chi connectivity index (χ0v) is 9.48. The third-order valence-corrected chi connectivity index (χ3v) is 2.78. The summed E-state index contributed by atoms with van der Waals surface area (Å²) in [5.74, 6) is 0.565. The lowest BCUT2D eigenvalue weighted by atomic mass is 10.2. The molecule has 1 aliphatic rings. The van der Waals surface area contributed by atoms with Crippen LogP contribution < -0.4 is 10.6 Å². The van der Waals surface area contributed by atoms with E-state index in [0.717, 1.165) is 19.4 Å². The quantitative estimate of drug-likeness (QED) is 0.771. The van der Waals surface area contributed by atoms with Gasteiger partial charge in [0.1, 0.15) is 6.04 Å². The number of alkyl halides is 1. The SMILES string of the molecule is NC(=O)C1CCCN1c1nnc(CCCl)o1. The summed E-state index contributed by atoms with van der Waals surface area (Å²) in [5, 5.41) is 7.74. The zero-order chi connectivity index (χ0) is 11.5. The molecule has 88 valence electrons. The number of carbonyl (C=O) groups is 1. The van der Waals surface area contributed by atoms with Crippen LogP contribution in [0.4, 0.5) is 6.01 Å². The normalized spacial score (nSPS) is 20.3. The summed E-state index contributed by atoms with van der Waals surface area (Å²) in [6, 6.07) is 0.0331. The van der Waals surface area contributed by atoms with Gasteiger partial charge in [0.05, 0.1) is 0 Å². The molecule has 1 amide bonds. The van der Waals surface area contributed by atoms with E-state index in [-0.39, 0.29) is 11.9 Å². The molecule has 1 unspecified atom stereocenters. The van der Waals surface area contributed by atoms with Crippen molar-refractivity contribution in [2.75, 3.05) is 17.3 Å². The Labute approximate surface area is 97.7 Å². The minimum Gasteiger partial charge on any atom is -0.408 e. The monoisotopic (exact) mass is 244 g/mol. The molecule has 0 aromatic carbocycles. The molecule has 2 heterocycles. The fraction of sp³-hybridized carbons (Fsp3) is 0.667. The molecule has 16 heavy (non-hydrogen) atoms. The Bertz CT molecular complexity index is 381. The van der Waals surface area contributed by atoms with Crippen molar-refractivity contribution in [3.8, 4) is 0 Å². The van der Waals surface area contributed by atoms with Crippen LogP contribution in [-0.2, 0) is 11.2 Å². The number of hydrogen-bond acceptors (Lipinski definition) is 5. The molecule has 1 atom stereocenters. The molecule has 6 nitrogen and oxygen atoms in total. The summed E-state index contributed by atoms with van der Waals surface area (Å²) in [6.45, 7) is 0.718. The van der Waals surface area contributed by atoms with Crippen molar-refractivity contribution in [1.82, 2.24) is 10.2 Å². The third kappa shape index (κ3) is 2.11. The number of halogens is 1. The van der Waals surface area contributed by atoms with Crippen LogP contribution in [0.2, 0.25) is 0 Å². The number of aryl methyl sites for hydroxylation is 1. The first-order valence-corrected chi connectivity index (χ1v) is 5.70. The summed E-state index contributed by atoms with van der Waals surface area (Å²) in [6.07, 6.45) is 2.17. The maximum absolute atomic E-state index is 11.2. The van der Waals surface area contributed by atoms with E-state index >= 15 is 0 Å². The highest BCUT2D eigenvalue weighted by Gasteiger charge is 2.32. The molecule has 7 heteroatoms. The number of rotatable bonds is 4. The Morgan fingerprint density at radius 1 is 1.62 bits per heavy atom. The molecule has 1 aromatic heterocycles. The summed E-state index contributed by atoms with van der Waals surface area (Å²) >= 11 is 5.57. The second kappa shape index (κ2) is 4.69. The van der Waals surface area contributed by atoms with Gasteiger partial charge in [0.2, 0.25) is 11.8 Å². The van der Waals surface area contributed by atoms with Crippen molar-refractivity contribution in [2.24, 2.45) is 5.73 Å². The minimum absolute atomic E-state index is 0.329. The van der Waals surface area contributed by atoms with Gasteiger partial charge in [-0.1, -0.05) is 5.10 Å². The first kappa shape index (κ1) is 11.2. The van der Waals surface area contributed by atoms with Crippen LogP contribution in [0, 0.1) is 0 Å². The van der Waals surface area contributed by atoms with Crippen molar-refractivity contribution in [3.05, 3.63) is 5.89 Å². The van der Waals surface area contributed by atoms with Gasteiger partial charge in [-0.15, -0.1) is 16.7 Å². The summed E-state index contributed by atoms with van der Waals surface area (Å²) in [4.78, 5) is 12.9. The highest BCUT2D eigenvalue weighted by Crippen LogP contribution is 2.24. The Kier molecular flexibility index (Phi) is 3.28. The van der Waals surface area contributed by atoms with E-state index < -0.39 is 0 Å². The van der Waals surface area contributed by atoms with Gasteiger partial charge in [0.15, 0.2) is 0 Å². The van der Waals surface area contributed by atoms with E-state index in [2.05, 4.69) is 10.2 Å².